The summed E-state index contributed by atoms with van der Waals surface area (Å²) >= 11 is 0. The maximum Gasteiger partial charge on any atom is 0.328 e. The van der Waals surface area contributed by atoms with Crippen molar-refractivity contribution >= 4 is 29.9 Å². The smallest absolute Gasteiger partial charge is 0.328 e. The summed E-state index contributed by atoms with van der Waals surface area (Å²) in [6.45, 7) is 3.69. The van der Waals surface area contributed by atoms with E-state index in [0.29, 0.717) is 48.6 Å². The number of hydrogen-bond donors (Lipinski definition) is 2. The number of carbonyl (C=O) groups excluding carboxylic acids is 3. The summed E-state index contributed by atoms with van der Waals surface area (Å²) < 4.78 is 5.94. The van der Waals surface area contributed by atoms with Crippen LogP contribution in [0.3, 0.4) is 0 Å². The third kappa shape index (κ3) is 7.31. The fourth-order valence-electron chi connectivity index (χ4n) is 3.95. The molecule has 2 aromatic heterocycles. The predicted octanol–water partition coefficient (Wildman–Crippen LogP) is 2.14. The SMILES string of the molecule is CC[C@H](CO)Oc1cc(NC(=O)N(C)c2ccc(CN3CCN(C)CC3=O)c(C=O)n2)ncc1C#CC1CC1. The molecule has 2 N–H and O–H groups in total. The molecule has 0 radical (unpaired) electrons. The minimum Gasteiger partial charge on any atom is -0.487 e. The number of ether oxygens (including phenoxy) is 1. The lowest BCUT2D eigenvalue weighted by molar-refractivity contribution is -0.136. The van der Waals surface area contributed by atoms with Crippen LogP contribution in [0, 0.1) is 17.8 Å². The molecular weight excluding hydrogens is 500 g/mol. The normalized spacial score (nSPS) is 16.2. The number of urea groups is 1. The van der Waals surface area contributed by atoms with Gasteiger partial charge in [0, 0.05) is 50.4 Å². The van der Waals surface area contributed by atoms with Gasteiger partial charge in [-0.2, -0.15) is 0 Å². The Bertz CT molecular complexity index is 1280. The number of amides is 3. The molecule has 4 rings (SSSR count). The van der Waals surface area contributed by atoms with Crippen molar-refractivity contribution in [3.05, 3.63) is 41.2 Å². The van der Waals surface area contributed by atoms with Crippen LogP contribution in [0.25, 0.3) is 0 Å². The topological polar surface area (TPSA) is 128 Å². The molecule has 1 aliphatic heterocycles. The molecule has 2 aliphatic rings. The average Bonchev–Trinajstić information content (AvgIpc) is 3.77. The number of anilines is 2. The lowest BCUT2D eigenvalue weighted by atomic mass is 10.1. The molecule has 0 unspecified atom stereocenters. The van der Waals surface area contributed by atoms with Crippen LogP contribution in [0.2, 0.25) is 0 Å². The van der Waals surface area contributed by atoms with E-state index in [-0.39, 0.29) is 36.4 Å². The van der Waals surface area contributed by atoms with Gasteiger partial charge in [-0.15, -0.1) is 0 Å². The zero-order valence-electron chi connectivity index (χ0n) is 22.5. The number of aromatic nitrogens is 2. The number of piperazine rings is 1. The first-order valence-corrected chi connectivity index (χ1v) is 13.1. The Labute approximate surface area is 228 Å². The summed E-state index contributed by atoms with van der Waals surface area (Å²) in [5.41, 5.74) is 1.37. The lowest BCUT2D eigenvalue weighted by Gasteiger charge is -2.32. The number of aliphatic hydroxyl groups is 1. The molecule has 206 valence electrons. The number of pyridine rings is 2. The van der Waals surface area contributed by atoms with Gasteiger partial charge >= 0.3 is 6.03 Å². The average molecular weight is 535 g/mol. The van der Waals surface area contributed by atoms with E-state index in [9.17, 15) is 19.5 Å². The summed E-state index contributed by atoms with van der Waals surface area (Å²) in [5, 5.41) is 12.3. The molecule has 1 aliphatic carbocycles. The van der Waals surface area contributed by atoms with Gasteiger partial charge in [-0.05, 0) is 32.4 Å². The minimum absolute atomic E-state index is 0.00851. The van der Waals surface area contributed by atoms with Gasteiger partial charge in [0.15, 0.2) is 6.29 Å². The van der Waals surface area contributed by atoms with Crippen LogP contribution in [0.4, 0.5) is 16.4 Å². The summed E-state index contributed by atoms with van der Waals surface area (Å²) in [6.07, 6.45) is 4.53. The van der Waals surface area contributed by atoms with Crippen molar-refractivity contribution in [2.75, 3.05) is 50.6 Å². The zero-order valence-corrected chi connectivity index (χ0v) is 22.5. The van der Waals surface area contributed by atoms with Gasteiger partial charge in [0.05, 0.1) is 18.7 Å². The quantitative estimate of drug-likeness (QED) is 0.370. The van der Waals surface area contributed by atoms with Crippen molar-refractivity contribution in [3.8, 4) is 17.6 Å². The van der Waals surface area contributed by atoms with Crippen molar-refractivity contribution in [2.24, 2.45) is 5.92 Å². The maximum absolute atomic E-state index is 13.0. The predicted molar refractivity (Wildman–Crippen MR) is 146 cm³/mol. The number of aldehydes is 1. The Hall–Kier alpha value is -4.01. The number of nitrogens with one attached hydrogen (secondary N) is 1. The highest BCUT2D eigenvalue weighted by Crippen LogP contribution is 2.29. The molecular formula is C28H34N6O5. The van der Waals surface area contributed by atoms with E-state index in [4.69, 9.17) is 4.74 Å². The van der Waals surface area contributed by atoms with Crippen LogP contribution in [-0.4, -0.2) is 89.5 Å². The van der Waals surface area contributed by atoms with Crippen LogP contribution in [-0.2, 0) is 11.3 Å². The fourth-order valence-corrected chi connectivity index (χ4v) is 3.95. The third-order valence-corrected chi connectivity index (χ3v) is 6.67. The molecule has 3 amide bonds. The molecule has 11 nitrogen and oxygen atoms in total. The third-order valence-electron chi connectivity index (χ3n) is 6.67. The summed E-state index contributed by atoms with van der Waals surface area (Å²) in [4.78, 5) is 50.7. The van der Waals surface area contributed by atoms with Crippen molar-refractivity contribution in [2.45, 2.75) is 38.8 Å². The molecule has 2 fully saturated rings. The van der Waals surface area contributed by atoms with Gasteiger partial charge in [-0.1, -0.05) is 24.8 Å². The van der Waals surface area contributed by atoms with Crippen LogP contribution in [0.15, 0.2) is 24.4 Å². The van der Waals surface area contributed by atoms with Crippen LogP contribution in [0.5, 0.6) is 5.75 Å². The van der Waals surface area contributed by atoms with E-state index in [0.717, 1.165) is 19.4 Å². The molecule has 39 heavy (non-hydrogen) atoms. The number of rotatable bonds is 9. The lowest BCUT2D eigenvalue weighted by Crippen LogP contribution is -2.48. The van der Waals surface area contributed by atoms with E-state index in [1.165, 1.54) is 11.9 Å². The Morgan fingerprint density at radius 2 is 2.15 bits per heavy atom. The first-order valence-electron chi connectivity index (χ1n) is 13.1. The standard InChI is InChI=1S/C28H34N6O5/c1-4-22(17-35)39-24-13-25(29-14-20(24)8-7-19-5-6-19)31-28(38)33(3)26-10-9-21(23(18-36)30-26)15-34-12-11-32(2)16-27(34)37/h9-10,13-14,18-19,22,35H,4-6,11-12,15-17H2,1-3H3,(H,29,31,38)/t22-/m1/s1. The Kier molecular flexibility index (Phi) is 9.11. The van der Waals surface area contributed by atoms with Crippen molar-refractivity contribution < 1.29 is 24.2 Å². The van der Waals surface area contributed by atoms with Crippen LogP contribution in [0.1, 0.15) is 47.8 Å². The monoisotopic (exact) mass is 534 g/mol. The molecule has 3 heterocycles. The van der Waals surface area contributed by atoms with Gasteiger partial charge in [0.1, 0.15) is 29.2 Å². The first-order chi connectivity index (χ1) is 18.8. The number of hydrogen-bond acceptors (Lipinski definition) is 8. The fraction of sp³-hybridized carbons (Fsp3) is 0.464. The van der Waals surface area contributed by atoms with Gasteiger partial charge in [0.2, 0.25) is 5.91 Å². The zero-order chi connectivity index (χ0) is 27.9. The van der Waals surface area contributed by atoms with Gasteiger partial charge < -0.3 is 14.7 Å². The van der Waals surface area contributed by atoms with Crippen LogP contribution >= 0.6 is 0 Å². The summed E-state index contributed by atoms with van der Waals surface area (Å²) in [5.74, 6) is 7.60. The second-order valence-electron chi connectivity index (χ2n) is 9.81. The Balaban J connectivity index is 1.47. The molecule has 11 heteroatoms. The Morgan fingerprint density at radius 3 is 2.82 bits per heavy atom. The summed E-state index contributed by atoms with van der Waals surface area (Å²) in [6, 6.07) is 4.40. The number of likely N-dealkylation sites (N-methyl/N-ethyl adjacent to an activating group) is 1. The maximum atomic E-state index is 13.0. The molecule has 1 saturated heterocycles. The van der Waals surface area contributed by atoms with E-state index in [1.807, 2.05) is 18.9 Å². The minimum atomic E-state index is -0.522. The Morgan fingerprint density at radius 1 is 1.36 bits per heavy atom. The molecule has 0 spiro atoms. The van der Waals surface area contributed by atoms with Gasteiger partial charge in [-0.25, -0.2) is 14.8 Å². The molecule has 2 aromatic rings. The number of carbonyl (C=O) groups is 3. The van der Waals surface area contributed by atoms with E-state index >= 15 is 0 Å². The number of nitrogens with zero attached hydrogens (tertiary/aromatic N) is 5. The van der Waals surface area contributed by atoms with Crippen molar-refractivity contribution in [1.82, 2.24) is 19.8 Å². The number of aliphatic hydroxyl groups excluding tert-OH is 1. The van der Waals surface area contributed by atoms with Crippen molar-refractivity contribution in [1.29, 1.82) is 0 Å². The van der Waals surface area contributed by atoms with Crippen molar-refractivity contribution in [3.63, 3.8) is 0 Å². The molecule has 1 saturated carbocycles. The highest BCUT2D eigenvalue weighted by atomic mass is 16.5. The van der Waals surface area contributed by atoms with Gasteiger partial charge in [0.25, 0.3) is 0 Å². The molecule has 0 aromatic carbocycles. The second-order valence-corrected chi connectivity index (χ2v) is 9.81. The van der Waals surface area contributed by atoms with E-state index in [2.05, 4.69) is 27.1 Å². The molecule has 1 atom stereocenters. The van der Waals surface area contributed by atoms with Gasteiger partial charge in [-0.3, -0.25) is 24.7 Å². The second kappa shape index (κ2) is 12.7. The highest BCUT2D eigenvalue weighted by Gasteiger charge is 2.24. The van der Waals surface area contributed by atoms with E-state index < -0.39 is 12.1 Å². The highest BCUT2D eigenvalue weighted by molar-refractivity contribution is 6.00. The van der Waals surface area contributed by atoms with Crippen LogP contribution < -0.4 is 15.0 Å². The molecule has 0 bridgehead atoms. The largest absolute Gasteiger partial charge is 0.487 e. The first kappa shape index (κ1) is 28.0. The van der Waals surface area contributed by atoms with E-state index in [1.54, 1.807) is 29.3 Å². The summed E-state index contributed by atoms with van der Waals surface area (Å²) in [7, 11) is 3.42.